The van der Waals surface area contributed by atoms with Gasteiger partial charge in [-0.05, 0) is 51.4 Å². The van der Waals surface area contributed by atoms with Gasteiger partial charge in [-0.15, -0.1) is 0 Å². The highest BCUT2D eigenvalue weighted by Crippen LogP contribution is 2.37. The molecular formula is C18H20N4O4S. The first-order valence-corrected chi connectivity index (χ1v) is 9.09. The molecule has 1 aromatic carbocycles. The number of rotatable bonds is 3. The van der Waals surface area contributed by atoms with Crippen molar-refractivity contribution in [3.05, 3.63) is 35.5 Å². The molecule has 2 amide bonds. The Labute approximate surface area is 160 Å². The number of para-hydroxylation sites is 2. The van der Waals surface area contributed by atoms with Crippen LogP contribution >= 0.6 is 11.5 Å². The molecule has 9 heteroatoms. The number of aryl methyl sites for hydroxylation is 1. The predicted molar refractivity (Wildman–Crippen MR) is 103 cm³/mol. The van der Waals surface area contributed by atoms with E-state index in [-0.39, 0.29) is 16.5 Å². The normalized spacial score (nSPS) is 16.3. The number of carbonyl (C=O) groups is 3. The Kier molecular flexibility index (Phi) is 4.64. The maximum absolute atomic E-state index is 13.1. The standard InChI is InChI=1S/C18H20N4O4S/c1-9-13(14(19)27-21-9)16(24)26-10(2)15(23)22-12-8-6-5-7-11(12)20-17(25)18(22,3)4/h5-8,10H,19H2,1-4H3,(H,20,25). The number of nitrogen functional groups attached to an aromatic ring is 1. The van der Waals surface area contributed by atoms with E-state index in [0.29, 0.717) is 17.1 Å². The molecule has 3 N–H and O–H groups in total. The minimum atomic E-state index is -1.15. The fourth-order valence-corrected chi connectivity index (χ4v) is 3.58. The van der Waals surface area contributed by atoms with Gasteiger partial charge in [0.05, 0.1) is 17.1 Å². The van der Waals surface area contributed by atoms with Crippen LogP contribution in [0.25, 0.3) is 0 Å². The lowest BCUT2D eigenvalue weighted by atomic mass is 9.95. The van der Waals surface area contributed by atoms with Gasteiger partial charge < -0.3 is 15.8 Å². The third-order valence-electron chi connectivity index (χ3n) is 4.45. The first-order valence-electron chi connectivity index (χ1n) is 8.32. The summed E-state index contributed by atoms with van der Waals surface area (Å²) in [5, 5.41) is 3.02. The van der Waals surface area contributed by atoms with Crippen LogP contribution in [0.15, 0.2) is 24.3 Å². The summed E-state index contributed by atoms with van der Waals surface area (Å²) in [6, 6.07) is 6.97. The second-order valence-corrected chi connectivity index (χ2v) is 7.56. The molecule has 1 aliphatic rings. The molecule has 0 fully saturated rings. The summed E-state index contributed by atoms with van der Waals surface area (Å²) in [6.45, 7) is 6.38. The lowest BCUT2D eigenvalue weighted by Crippen LogP contribution is -2.60. The molecule has 1 aromatic heterocycles. The van der Waals surface area contributed by atoms with Crippen LogP contribution in [-0.4, -0.2) is 33.8 Å². The minimum absolute atomic E-state index is 0.163. The van der Waals surface area contributed by atoms with Crippen molar-refractivity contribution in [3.63, 3.8) is 0 Å². The van der Waals surface area contributed by atoms with E-state index in [9.17, 15) is 14.4 Å². The topological polar surface area (TPSA) is 115 Å². The van der Waals surface area contributed by atoms with Crippen LogP contribution in [0.2, 0.25) is 0 Å². The molecule has 1 atom stereocenters. The molecule has 2 heterocycles. The molecule has 1 aliphatic heterocycles. The number of ether oxygens (including phenoxy) is 1. The van der Waals surface area contributed by atoms with E-state index in [4.69, 9.17) is 10.5 Å². The molecule has 0 aliphatic carbocycles. The van der Waals surface area contributed by atoms with Crippen LogP contribution in [0, 0.1) is 6.92 Å². The zero-order chi connectivity index (χ0) is 19.9. The van der Waals surface area contributed by atoms with Gasteiger partial charge in [0.25, 0.3) is 5.91 Å². The van der Waals surface area contributed by atoms with Gasteiger partial charge in [0.15, 0.2) is 6.10 Å². The van der Waals surface area contributed by atoms with Gasteiger partial charge in [-0.2, -0.15) is 4.37 Å². The van der Waals surface area contributed by atoms with Crippen LogP contribution in [0.4, 0.5) is 16.4 Å². The Balaban J connectivity index is 1.90. The van der Waals surface area contributed by atoms with E-state index in [1.807, 2.05) is 0 Å². The van der Waals surface area contributed by atoms with E-state index in [1.165, 1.54) is 11.8 Å². The molecule has 3 rings (SSSR count). The lowest BCUT2D eigenvalue weighted by Gasteiger charge is -2.42. The molecule has 1 unspecified atom stereocenters. The van der Waals surface area contributed by atoms with Crippen molar-refractivity contribution >= 4 is 45.7 Å². The van der Waals surface area contributed by atoms with Crippen LogP contribution in [0.1, 0.15) is 36.8 Å². The highest BCUT2D eigenvalue weighted by molar-refractivity contribution is 7.10. The van der Waals surface area contributed by atoms with Crippen molar-refractivity contribution in [1.82, 2.24) is 4.37 Å². The van der Waals surface area contributed by atoms with Crippen molar-refractivity contribution in [3.8, 4) is 0 Å². The number of nitrogens with two attached hydrogens (primary N) is 1. The Hall–Kier alpha value is -2.94. The quantitative estimate of drug-likeness (QED) is 0.780. The van der Waals surface area contributed by atoms with Gasteiger partial charge in [0, 0.05) is 0 Å². The third-order valence-corrected chi connectivity index (χ3v) is 5.22. The number of esters is 1. The minimum Gasteiger partial charge on any atom is -0.449 e. The number of benzene rings is 1. The second kappa shape index (κ2) is 6.66. The fourth-order valence-electron chi connectivity index (χ4n) is 2.93. The number of nitrogens with one attached hydrogen (secondary N) is 1. The highest BCUT2D eigenvalue weighted by atomic mass is 32.1. The number of nitrogens with zero attached hydrogens (tertiary/aromatic N) is 2. The van der Waals surface area contributed by atoms with Crippen molar-refractivity contribution < 1.29 is 19.1 Å². The third kappa shape index (κ3) is 3.14. The number of aromatic nitrogens is 1. The molecule has 0 bridgehead atoms. The largest absolute Gasteiger partial charge is 0.449 e. The number of hydrogen-bond acceptors (Lipinski definition) is 7. The molecule has 2 aromatic rings. The van der Waals surface area contributed by atoms with Crippen LogP contribution < -0.4 is 16.0 Å². The van der Waals surface area contributed by atoms with Crippen LogP contribution in [0.3, 0.4) is 0 Å². The molecule has 0 saturated heterocycles. The van der Waals surface area contributed by atoms with E-state index in [0.717, 1.165) is 11.5 Å². The van der Waals surface area contributed by atoms with E-state index in [2.05, 4.69) is 9.69 Å². The maximum Gasteiger partial charge on any atom is 0.343 e. The monoisotopic (exact) mass is 388 g/mol. The Morgan fingerprint density at radius 2 is 2.00 bits per heavy atom. The number of anilines is 3. The molecule has 142 valence electrons. The zero-order valence-corrected chi connectivity index (χ0v) is 16.2. The molecule has 0 radical (unpaired) electrons. The average molecular weight is 388 g/mol. The Morgan fingerprint density at radius 1 is 1.33 bits per heavy atom. The Morgan fingerprint density at radius 3 is 2.63 bits per heavy atom. The molecule has 0 spiro atoms. The second-order valence-electron chi connectivity index (χ2n) is 6.76. The van der Waals surface area contributed by atoms with E-state index < -0.39 is 23.5 Å². The zero-order valence-electron chi connectivity index (χ0n) is 15.4. The van der Waals surface area contributed by atoms with Crippen molar-refractivity contribution in [1.29, 1.82) is 0 Å². The maximum atomic E-state index is 13.1. The van der Waals surface area contributed by atoms with E-state index in [1.54, 1.807) is 45.0 Å². The SMILES string of the molecule is Cc1nsc(N)c1C(=O)OC(C)C(=O)N1c2ccccc2NC(=O)C1(C)C. The first-order chi connectivity index (χ1) is 12.6. The predicted octanol–water partition coefficient (Wildman–Crippen LogP) is 2.34. The van der Waals surface area contributed by atoms with Gasteiger partial charge in [-0.1, -0.05) is 12.1 Å². The fraction of sp³-hybridized carbons (Fsp3) is 0.333. The summed E-state index contributed by atoms with van der Waals surface area (Å²) in [4.78, 5) is 39.4. The lowest BCUT2D eigenvalue weighted by molar-refractivity contribution is -0.131. The smallest absolute Gasteiger partial charge is 0.343 e. The van der Waals surface area contributed by atoms with Crippen LogP contribution in [-0.2, 0) is 14.3 Å². The molecule has 8 nitrogen and oxygen atoms in total. The summed E-state index contributed by atoms with van der Waals surface area (Å²) < 4.78 is 9.35. The molecule has 27 heavy (non-hydrogen) atoms. The summed E-state index contributed by atoms with van der Waals surface area (Å²) in [6.07, 6.45) is -1.12. The average Bonchev–Trinajstić information content (AvgIpc) is 2.94. The summed E-state index contributed by atoms with van der Waals surface area (Å²) in [5.41, 5.74) is 6.30. The van der Waals surface area contributed by atoms with Crippen molar-refractivity contribution in [2.75, 3.05) is 16.0 Å². The van der Waals surface area contributed by atoms with E-state index >= 15 is 0 Å². The van der Waals surface area contributed by atoms with Gasteiger partial charge in [0.1, 0.15) is 16.1 Å². The summed E-state index contributed by atoms with van der Waals surface area (Å²) >= 11 is 0.992. The number of hydrogen-bond donors (Lipinski definition) is 2. The molecule has 0 saturated carbocycles. The van der Waals surface area contributed by atoms with Crippen molar-refractivity contribution in [2.24, 2.45) is 0 Å². The Bertz CT molecular complexity index is 918. The van der Waals surface area contributed by atoms with Crippen LogP contribution in [0.5, 0.6) is 0 Å². The van der Waals surface area contributed by atoms with Gasteiger partial charge in [0.2, 0.25) is 5.91 Å². The first kappa shape index (κ1) is 18.8. The number of carbonyl (C=O) groups excluding carboxylic acids is 3. The summed E-state index contributed by atoms with van der Waals surface area (Å²) in [5.74, 6) is -1.54. The number of amides is 2. The van der Waals surface area contributed by atoms with Crippen molar-refractivity contribution in [2.45, 2.75) is 39.3 Å². The number of fused-ring (bicyclic) bond motifs is 1. The van der Waals surface area contributed by atoms with Gasteiger partial charge in [-0.3, -0.25) is 14.5 Å². The van der Waals surface area contributed by atoms with Gasteiger partial charge >= 0.3 is 5.97 Å². The summed E-state index contributed by atoms with van der Waals surface area (Å²) in [7, 11) is 0. The highest BCUT2D eigenvalue weighted by Gasteiger charge is 2.45. The van der Waals surface area contributed by atoms with Gasteiger partial charge in [-0.25, -0.2) is 4.79 Å². The molecular weight excluding hydrogens is 368 g/mol.